The predicted octanol–water partition coefficient (Wildman–Crippen LogP) is 3.00. The van der Waals surface area contributed by atoms with E-state index in [0.717, 1.165) is 11.3 Å². The lowest BCUT2D eigenvalue weighted by Crippen LogP contribution is -1.72. The topological polar surface area (TPSA) is 26.0 Å². The van der Waals surface area contributed by atoms with Gasteiger partial charge in [-0.3, -0.25) is 4.98 Å². The summed E-state index contributed by atoms with van der Waals surface area (Å²) < 4.78 is 5.21. The summed E-state index contributed by atoms with van der Waals surface area (Å²) in [7, 11) is 0. The molecule has 2 nitrogen and oxygen atoms in total. The van der Waals surface area contributed by atoms with Gasteiger partial charge in [0.05, 0.1) is 0 Å². The number of nitrogens with zero attached hydrogens (tertiary/aromatic N) is 1. The van der Waals surface area contributed by atoms with Crippen molar-refractivity contribution in [1.82, 2.24) is 4.98 Å². The number of hydrogen-bond donors (Lipinski definition) is 0. The van der Waals surface area contributed by atoms with Crippen LogP contribution in [0.4, 0.5) is 0 Å². The minimum atomic E-state index is 0.404. The quantitative estimate of drug-likeness (QED) is 0.673. The molecule has 0 saturated carbocycles. The van der Waals surface area contributed by atoms with Crippen LogP contribution in [0.15, 0.2) is 41.1 Å². The molecule has 0 aliphatic carbocycles. The molecule has 3 heteroatoms. The Bertz CT molecular complexity index is 369. The Morgan fingerprint density at radius 1 is 1.08 bits per heavy atom. The SMILES string of the molecule is Clc1ccc(-c2ccncc2)o1. The molecule has 0 fully saturated rings. The zero-order chi connectivity index (χ0) is 8.39. The van der Waals surface area contributed by atoms with Crippen LogP contribution in [0.25, 0.3) is 11.3 Å². The Morgan fingerprint density at radius 2 is 1.83 bits per heavy atom. The van der Waals surface area contributed by atoms with Gasteiger partial charge in [-0.1, -0.05) is 0 Å². The van der Waals surface area contributed by atoms with Crippen molar-refractivity contribution >= 4 is 11.6 Å². The number of pyridine rings is 1. The van der Waals surface area contributed by atoms with Crippen LogP contribution in [0.3, 0.4) is 0 Å². The van der Waals surface area contributed by atoms with E-state index < -0.39 is 0 Å². The van der Waals surface area contributed by atoms with Crippen molar-refractivity contribution in [1.29, 1.82) is 0 Å². The van der Waals surface area contributed by atoms with E-state index in [1.807, 2.05) is 18.2 Å². The minimum absolute atomic E-state index is 0.404. The molecule has 2 aromatic rings. The number of halogens is 1. The fourth-order valence-electron chi connectivity index (χ4n) is 0.986. The molecule has 0 aliphatic rings. The van der Waals surface area contributed by atoms with Crippen LogP contribution in [-0.4, -0.2) is 4.98 Å². The fraction of sp³-hybridized carbons (Fsp3) is 0. The molecule has 0 bridgehead atoms. The van der Waals surface area contributed by atoms with Crippen LogP contribution < -0.4 is 0 Å². The molecular weight excluding hydrogens is 174 g/mol. The second-order valence-corrected chi connectivity index (χ2v) is 2.71. The maximum atomic E-state index is 5.63. The lowest BCUT2D eigenvalue weighted by Gasteiger charge is -1.92. The number of hydrogen-bond acceptors (Lipinski definition) is 2. The first-order chi connectivity index (χ1) is 5.86. The van der Waals surface area contributed by atoms with Gasteiger partial charge in [0, 0.05) is 18.0 Å². The van der Waals surface area contributed by atoms with E-state index in [1.54, 1.807) is 18.5 Å². The summed E-state index contributed by atoms with van der Waals surface area (Å²) in [5.74, 6) is 0.766. The standard InChI is InChI=1S/C9H6ClNO/c10-9-2-1-8(12-9)7-3-5-11-6-4-7/h1-6H. The summed E-state index contributed by atoms with van der Waals surface area (Å²) in [5, 5.41) is 0.404. The molecule has 2 rings (SSSR count). The van der Waals surface area contributed by atoms with Gasteiger partial charge in [-0.2, -0.15) is 0 Å². The molecule has 0 atom stereocenters. The summed E-state index contributed by atoms with van der Waals surface area (Å²) in [5.41, 5.74) is 0.983. The molecule has 0 unspecified atom stereocenters. The summed E-state index contributed by atoms with van der Waals surface area (Å²) in [6, 6.07) is 7.29. The first-order valence-corrected chi connectivity index (χ1v) is 3.90. The first kappa shape index (κ1) is 7.37. The lowest BCUT2D eigenvalue weighted by molar-refractivity contribution is 0.584. The summed E-state index contributed by atoms with van der Waals surface area (Å²) in [6.07, 6.45) is 3.43. The molecule has 0 aliphatic heterocycles. The number of rotatable bonds is 1. The number of furan rings is 1. The van der Waals surface area contributed by atoms with Crippen molar-refractivity contribution in [3.63, 3.8) is 0 Å². The van der Waals surface area contributed by atoms with E-state index in [4.69, 9.17) is 16.0 Å². The van der Waals surface area contributed by atoms with Crippen molar-refractivity contribution in [2.24, 2.45) is 0 Å². The molecule has 0 spiro atoms. The lowest BCUT2D eigenvalue weighted by atomic mass is 10.2. The summed E-state index contributed by atoms with van der Waals surface area (Å²) >= 11 is 5.63. The average Bonchev–Trinajstić information content (AvgIpc) is 2.54. The highest BCUT2D eigenvalue weighted by Gasteiger charge is 2.00. The van der Waals surface area contributed by atoms with Crippen molar-refractivity contribution in [2.75, 3.05) is 0 Å². The Hall–Kier alpha value is -1.28. The van der Waals surface area contributed by atoms with Gasteiger partial charge in [0.1, 0.15) is 5.76 Å². The molecular formula is C9H6ClNO. The summed E-state index contributed by atoms with van der Waals surface area (Å²) in [6.45, 7) is 0. The zero-order valence-electron chi connectivity index (χ0n) is 6.20. The fourth-order valence-corrected chi connectivity index (χ4v) is 1.13. The van der Waals surface area contributed by atoms with E-state index in [-0.39, 0.29) is 0 Å². The highest BCUT2D eigenvalue weighted by atomic mass is 35.5. The molecule has 2 heterocycles. The van der Waals surface area contributed by atoms with Crippen LogP contribution in [0, 0.1) is 0 Å². The predicted molar refractivity (Wildman–Crippen MR) is 46.9 cm³/mol. The second-order valence-electron chi connectivity index (χ2n) is 2.34. The van der Waals surface area contributed by atoms with E-state index in [9.17, 15) is 0 Å². The van der Waals surface area contributed by atoms with Crippen molar-refractivity contribution in [2.45, 2.75) is 0 Å². The van der Waals surface area contributed by atoms with Gasteiger partial charge in [0.25, 0.3) is 0 Å². The van der Waals surface area contributed by atoms with E-state index >= 15 is 0 Å². The van der Waals surface area contributed by atoms with Crippen LogP contribution in [0.5, 0.6) is 0 Å². The molecule has 0 radical (unpaired) electrons. The average molecular weight is 180 g/mol. The van der Waals surface area contributed by atoms with Crippen LogP contribution in [0.2, 0.25) is 5.22 Å². The van der Waals surface area contributed by atoms with Gasteiger partial charge < -0.3 is 4.42 Å². The molecule has 0 N–H and O–H groups in total. The third kappa shape index (κ3) is 1.34. The molecule has 2 aromatic heterocycles. The zero-order valence-corrected chi connectivity index (χ0v) is 6.95. The Labute approximate surface area is 74.8 Å². The van der Waals surface area contributed by atoms with Gasteiger partial charge >= 0.3 is 0 Å². The van der Waals surface area contributed by atoms with Crippen LogP contribution in [0.1, 0.15) is 0 Å². The van der Waals surface area contributed by atoms with Gasteiger partial charge in [-0.25, -0.2) is 0 Å². The highest BCUT2D eigenvalue weighted by Crippen LogP contribution is 2.23. The molecule has 12 heavy (non-hydrogen) atoms. The second kappa shape index (κ2) is 2.99. The largest absolute Gasteiger partial charge is 0.445 e. The third-order valence-electron chi connectivity index (χ3n) is 1.54. The molecule has 0 amide bonds. The van der Waals surface area contributed by atoms with E-state index in [2.05, 4.69) is 4.98 Å². The Morgan fingerprint density at radius 3 is 2.42 bits per heavy atom. The minimum Gasteiger partial charge on any atom is -0.445 e. The monoisotopic (exact) mass is 179 g/mol. The molecule has 0 saturated heterocycles. The van der Waals surface area contributed by atoms with Gasteiger partial charge in [0.2, 0.25) is 0 Å². The normalized spacial score (nSPS) is 10.1. The number of aromatic nitrogens is 1. The first-order valence-electron chi connectivity index (χ1n) is 3.52. The Kier molecular flexibility index (Phi) is 1.84. The van der Waals surface area contributed by atoms with Crippen molar-refractivity contribution < 1.29 is 4.42 Å². The summed E-state index contributed by atoms with van der Waals surface area (Å²) in [4.78, 5) is 3.90. The highest BCUT2D eigenvalue weighted by molar-refractivity contribution is 6.28. The smallest absolute Gasteiger partial charge is 0.193 e. The van der Waals surface area contributed by atoms with Crippen LogP contribution in [-0.2, 0) is 0 Å². The van der Waals surface area contributed by atoms with Gasteiger partial charge in [0.15, 0.2) is 5.22 Å². The Balaban J connectivity index is 2.45. The van der Waals surface area contributed by atoms with Crippen molar-refractivity contribution in [3.8, 4) is 11.3 Å². The maximum absolute atomic E-state index is 5.63. The molecule has 0 aromatic carbocycles. The third-order valence-corrected chi connectivity index (χ3v) is 1.74. The van der Waals surface area contributed by atoms with Gasteiger partial charge in [-0.15, -0.1) is 0 Å². The maximum Gasteiger partial charge on any atom is 0.193 e. The van der Waals surface area contributed by atoms with Gasteiger partial charge in [-0.05, 0) is 35.9 Å². The van der Waals surface area contributed by atoms with E-state index in [1.165, 1.54) is 0 Å². The molecule has 60 valence electrons. The van der Waals surface area contributed by atoms with Crippen molar-refractivity contribution in [3.05, 3.63) is 41.9 Å². The van der Waals surface area contributed by atoms with E-state index in [0.29, 0.717) is 5.22 Å². The van der Waals surface area contributed by atoms with Crippen LogP contribution >= 0.6 is 11.6 Å².